The van der Waals surface area contributed by atoms with Crippen LogP contribution in [0.5, 0.6) is 0 Å². The van der Waals surface area contributed by atoms with Crippen LogP contribution < -0.4 is 5.32 Å². The highest BCUT2D eigenvalue weighted by Gasteiger charge is 2.24. The van der Waals surface area contributed by atoms with E-state index in [9.17, 15) is 4.79 Å². The van der Waals surface area contributed by atoms with E-state index < -0.39 is 0 Å². The quantitative estimate of drug-likeness (QED) is 0.835. The number of nitrogens with one attached hydrogen (secondary N) is 1. The van der Waals surface area contributed by atoms with Gasteiger partial charge >= 0.3 is 0 Å². The summed E-state index contributed by atoms with van der Waals surface area (Å²) >= 11 is 0. The minimum Gasteiger partial charge on any atom is -0.379 e. The molecule has 1 fully saturated rings. The van der Waals surface area contributed by atoms with Gasteiger partial charge in [-0.15, -0.1) is 0 Å². The van der Waals surface area contributed by atoms with Gasteiger partial charge in [0.1, 0.15) is 30.8 Å². The van der Waals surface area contributed by atoms with Gasteiger partial charge in [0.05, 0.1) is 18.3 Å². The summed E-state index contributed by atoms with van der Waals surface area (Å²) in [6.45, 7) is 4.93. The number of aromatic nitrogens is 5. The average Bonchev–Trinajstić information content (AvgIpc) is 3.26. The van der Waals surface area contributed by atoms with Crippen molar-refractivity contribution in [2.75, 3.05) is 31.6 Å². The average molecular weight is 357 g/mol. The molecule has 1 saturated heterocycles. The third kappa shape index (κ3) is 3.67. The Kier molecular flexibility index (Phi) is 4.79. The highest BCUT2D eigenvalue weighted by molar-refractivity contribution is 5.76. The second kappa shape index (κ2) is 7.36. The van der Waals surface area contributed by atoms with Crippen molar-refractivity contribution in [1.82, 2.24) is 29.6 Å². The molecule has 26 heavy (non-hydrogen) atoms. The summed E-state index contributed by atoms with van der Waals surface area (Å²) in [6.07, 6.45) is 5.46. The van der Waals surface area contributed by atoms with Crippen LogP contribution in [0.15, 0.2) is 12.7 Å². The normalized spacial score (nSPS) is 19.9. The first-order valence-corrected chi connectivity index (χ1v) is 9.00. The molecule has 2 aliphatic heterocycles. The lowest BCUT2D eigenvalue weighted by Gasteiger charge is -2.20. The SMILES string of the molecule is Cc1nc2c(c(N[C@H]3CCOC3)n1)CCN(C(=O)Cn1cncn1)CC2. The van der Waals surface area contributed by atoms with Crippen molar-refractivity contribution in [1.29, 1.82) is 0 Å². The Bertz CT molecular complexity index is 772. The van der Waals surface area contributed by atoms with Crippen LogP contribution >= 0.6 is 0 Å². The number of fused-ring (bicyclic) bond motifs is 1. The van der Waals surface area contributed by atoms with E-state index >= 15 is 0 Å². The van der Waals surface area contributed by atoms with Crippen LogP contribution in [0.1, 0.15) is 23.5 Å². The zero-order chi connectivity index (χ0) is 17.9. The van der Waals surface area contributed by atoms with Crippen molar-refractivity contribution in [3.05, 3.63) is 29.7 Å². The highest BCUT2D eigenvalue weighted by atomic mass is 16.5. The van der Waals surface area contributed by atoms with E-state index in [2.05, 4.69) is 25.4 Å². The van der Waals surface area contributed by atoms with Crippen LogP contribution in [0.2, 0.25) is 0 Å². The first-order chi connectivity index (χ1) is 12.7. The summed E-state index contributed by atoms with van der Waals surface area (Å²) in [4.78, 5) is 27.6. The van der Waals surface area contributed by atoms with E-state index in [1.807, 2.05) is 11.8 Å². The van der Waals surface area contributed by atoms with Gasteiger partial charge in [0.15, 0.2) is 0 Å². The molecule has 2 aromatic heterocycles. The number of carbonyl (C=O) groups excluding carboxylic acids is 1. The summed E-state index contributed by atoms with van der Waals surface area (Å²) in [5.74, 6) is 1.70. The Hall–Kier alpha value is -2.55. The maximum Gasteiger partial charge on any atom is 0.244 e. The van der Waals surface area contributed by atoms with E-state index in [4.69, 9.17) is 4.74 Å². The Morgan fingerprint density at radius 3 is 3.00 bits per heavy atom. The molecule has 0 saturated carbocycles. The standard InChI is InChI=1S/C17H23N7O2/c1-12-20-15-3-6-23(16(25)8-24-11-18-10-19-24)5-2-14(15)17(21-12)22-13-4-7-26-9-13/h10-11,13H,2-9H2,1H3,(H,20,21,22)/t13-/m0/s1. The molecule has 9 heteroatoms. The summed E-state index contributed by atoms with van der Waals surface area (Å²) < 4.78 is 7.01. The lowest BCUT2D eigenvalue weighted by Crippen LogP contribution is -2.36. The Morgan fingerprint density at radius 1 is 1.35 bits per heavy atom. The van der Waals surface area contributed by atoms with Crippen molar-refractivity contribution in [3.8, 4) is 0 Å². The fourth-order valence-electron chi connectivity index (χ4n) is 3.49. The molecular formula is C17H23N7O2. The van der Waals surface area contributed by atoms with E-state index in [1.54, 1.807) is 11.0 Å². The molecule has 4 heterocycles. The number of amides is 1. The molecule has 0 aromatic carbocycles. The number of hydrogen-bond acceptors (Lipinski definition) is 7. The molecule has 2 aliphatic rings. The molecule has 9 nitrogen and oxygen atoms in total. The molecule has 1 N–H and O–H groups in total. The monoisotopic (exact) mass is 357 g/mol. The van der Waals surface area contributed by atoms with E-state index in [1.165, 1.54) is 6.33 Å². The summed E-state index contributed by atoms with van der Waals surface area (Å²) in [5.41, 5.74) is 2.16. The molecule has 0 radical (unpaired) electrons. The maximum absolute atomic E-state index is 12.6. The maximum atomic E-state index is 12.6. The smallest absolute Gasteiger partial charge is 0.244 e. The van der Waals surface area contributed by atoms with E-state index in [-0.39, 0.29) is 12.5 Å². The molecule has 1 atom stereocenters. The van der Waals surface area contributed by atoms with Gasteiger partial charge in [-0.05, 0) is 19.8 Å². The second-order valence-corrected chi connectivity index (χ2v) is 6.72. The summed E-state index contributed by atoms with van der Waals surface area (Å²) in [7, 11) is 0. The summed E-state index contributed by atoms with van der Waals surface area (Å²) in [6, 6.07) is 0.293. The lowest BCUT2D eigenvalue weighted by atomic mass is 10.1. The van der Waals surface area contributed by atoms with Gasteiger partial charge < -0.3 is 15.0 Å². The van der Waals surface area contributed by atoms with Gasteiger partial charge in [0.25, 0.3) is 0 Å². The van der Waals surface area contributed by atoms with Crippen molar-refractivity contribution < 1.29 is 9.53 Å². The zero-order valence-electron chi connectivity index (χ0n) is 14.9. The first kappa shape index (κ1) is 16.9. The third-order valence-electron chi connectivity index (χ3n) is 4.84. The Balaban J connectivity index is 1.48. The summed E-state index contributed by atoms with van der Waals surface area (Å²) in [5, 5.41) is 7.53. The second-order valence-electron chi connectivity index (χ2n) is 6.72. The predicted octanol–water partition coefficient (Wildman–Crippen LogP) is 0.205. The molecular weight excluding hydrogens is 334 g/mol. The predicted molar refractivity (Wildman–Crippen MR) is 93.6 cm³/mol. The van der Waals surface area contributed by atoms with Crippen LogP contribution in [0.25, 0.3) is 0 Å². The largest absolute Gasteiger partial charge is 0.379 e. The third-order valence-corrected chi connectivity index (χ3v) is 4.84. The fraction of sp³-hybridized carbons (Fsp3) is 0.588. The molecule has 0 unspecified atom stereocenters. The number of ether oxygens (including phenoxy) is 1. The van der Waals surface area contributed by atoms with Gasteiger partial charge in [-0.25, -0.2) is 19.6 Å². The van der Waals surface area contributed by atoms with Crippen molar-refractivity contribution in [3.63, 3.8) is 0 Å². The van der Waals surface area contributed by atoms with Crippen molar-refractivity contribution in [2.45, 2.75) is 38.8 Å². The van der Waals surface area contributed by atoms with Crippen molar-refractivity contribution >= 4 is 11.7 Å². The zero-order valence-corrected chi connectivity index (χ0v) is 14.9. The van der Waals surface area contributed by atoms with E-state index in [0.717, 1.165) is 48.8 Å². The van der Waals surface area contributed by atoms with Gasteiger partial charge in [-0.2, -0.15) is 5.10 Å². The van der Waals surface area contributed by atoms with Crippen molar-refractivity contribution in [2.24, 2.45) is 0 Å². The number of nitrogens with zero attached hydrogens (tertiary/aromatic N) is 6. The molecule has 0 spiro atoms. The van der Waals surface area contributed by atoms with Crippen LogP contribution in [0, 0.1) is 6.92 Å². The lowest BCUT2D eigenvalue weighted by molar-refractivity contribution is -0.131. The molecule has 138 valence electrons. The molecule has 0 bridgehead atoms. The molecule has 0 aliphatic carbocycles. The molecule has 2 aromatic rings. The molecule has 1 amide bonds. The number of anilines is 1. The Labute approximate surface area is 151 Å². The number of hydrogen-bond donors (Lipinski definition) is 1. The van der Waals surface area contributed by atoms with Gasteiger partial charge in [0, 0.05) is 31.7 Å². The number of carbonyl (C=O) groups is 1. The Morgan fingerprint density at radius 2 is 2.23 bits per heavy atom. The minimum atomic E-state index is 0.0479. The molecule has 4 rings (SSSR count). The van der Waals surface area contributed by atoms with Crippen LogP contribution in [0.4, 0.5) is 5.82 Å². The number of aryl methyl sites for hydroxylation is 1. The minimum absolute atomic E-state index is 0.0479. The first-order valence-electron chi connectivity index (χ1n) is 9.00. The van der Waals surface area contributed by atoms with Crippen LogP contribution in [-0.4, -0.2) is 67.9 Å². The highest BCUT2D eigenvalue weighted by Crippen LogP contribution is 2.23. The number of rotatable bonds is 4. The van der Waals surface area contributed by atoms with Crippen LogP contribution in [0.3, 0.4) is 0 Å². The van der Waals surface area contributed by atoms with Gasteiger partial charge in [0.2, 0.25) is 5.91 Å². The van der Waals surface area contributed by atoms with E-state index in [0.29, 0.717) is 25.7 Å². The fourth-order valence-corrected chi connectivity index (χ4v) is 3.49. The van der Waals surface area contributed by atoms with Crippen LogP contribution in [-0.2, 0) is 28.9 Å². The topological polar surface area (TPSA) is 98.1 Å². The van der Waals surface area contributed by atoms with Gasteiger partial charge in [-0.3, -0.25) is 4.79 Å². The van der Waals surface area contributed by atoms with Gasteiger partial charge in [-0.1, -0.05) is 0 Å².